The zero-order chi connectivity index (χ0) is 15.5. The number of benzene rings is 1. The van der Waals surface area contributed by atoms with E-state index >= 15 is 0 Å². The van der Waals surface area contributed by atoms with E-state index in [0.29, 0.717) is 11.0 Å². The quantitative estimate of drug-likeness (QED) is 0.908. The molecule has 0 saturated heterocycles. The number of carbonyl (C=O) groups excluding carboxylic acids is 1. The summed E-state index contributed by atoms with van der Waals surface area (Å²) in [6, 6.07) is 5.81. The summed E-state index contributed by atoms with van der Waals surface area (Å²) in [7, 11) is 0. The van der Waals surface area contributed by atoms with E-state index in [1.165, 1.54) is 11.3 Å². The molecule has 0 saturated carbocycles. The topological polar surface area (TPSA) is 66.9 Å². The highest BCUT2D eigenvalue weighted by Gasteiger charge is 2.18. The molecule has 2 heterocycles. The molecule has 1 aromatic carbocycles. The normalized spacial score (nSPS) is 13.6. The minimum atomic E-state index is -0.104. The molecule has 2 aromatic rings. The average Bonchev–Trinajstić information content (AvgIpc) is 2.92. The van der Waals surface area contributed by atoms with Gasteiger partial charge in [-0.3, -0.25) is 10.1 Å². The fourth-order valence-corrected chi connectivity index (χ4v) is 3.57. The molecule has 6 heteroatoms. The first kappa shape index (κ1) is 15.0. The van der Waals surface area contributed by atoms with Gasteiger partial charge in [-0.2, -0.15) is 0 Å². The van der Waals surface area contributed by atoms with Crippen molar-refractivity contribution in [2.24, 2.45) is 5.92 Å². The van der Waals surface area contributed by atoms with Gasteiger partial charge in [0.25, 0.3) is 5.91 Å². The second-order valence-corrected chi connectivity index (χ2v) is 6.98. The Hall–Kier alpha value is -1.95. The van der Waals surface area contributed by atoms with Crippen molar-refractivity contribution >= 4 is 28.1 Å². The maximum atomic E-state index is 12.5. The van der Waals surface area contributed by atoms with E-state index in [2.05, 4.69) is 34.7 Å². The van der Waals surface area contributed by atoms with Crippen molar-refractivity contribution in [1.29, 1.82) is 0 Å². The van der Waals surface area contributed by atoms with Crippen LogP contribution in [0.2, 0.25) is 0 Å². The van der Waals surface area contributed by atoms with E-state index in [1.807, 2.05) is 18.2 Å². The molecule has 116 valence electrons. The van der Waals surface area contributed by atoms with Gasteiger partial charge in [0.15, 0.2) is 0 Å². The summed E-state index contributed by atoms with van der Waals surface area (Å²) in [6.45, 7) is 5.25. The number of rotatable bonds is 4. The third-order valence-electron chi connectivity index (χ3n) is 3.61. The molecular weight excluding hydrogens is 296 g/mol. The minimum absolute atomic E-state index is 0.104. The summed E-state index contributed by atoms with van der Waals surface area (Å²) in [6.07, 6.45) is 2.87. The first-order valence-corrected chi connectivity index (χ1v) is 8.44. The second kappa shape index (κ2) is 6.44. The first-order valence-electron chi connectivity index (χ1n) is 7.63. The van der Waals surface area contributed by atoms with Crippen LogP contribution in [0.3, 0.4) is 0 Å². The highest BCUT2D eigenvalue weighted by Crippen LogP contribution is 2.26. The SMILES string of the molecule is CC(C)Cc1nnc(NC(=O)c2cccc3c2CCCN3)s1. The lowest BCUT2D eigenvalue weighted by molar-refractivity contribution is 0.102. The van der Waals surface area contributed by atoms with Crippen LogP contribution in [-0.2, 0) is 12.8 Å². The van der Waals surface area contributed by atoms with Crippen molar-refractivity contribution in [3.63, 3.8) is 0 Å². The molecule has 0 spiro atoms. The van der Waals surface area contributed by atoms with Crippen LogP contribution in [0.4, 0.5) is 10.8 Å². The molecule has 3 rings (SSSR count). The Bertz CT molecular complexity index is 681. The molecule has 1 aromatic heterocycles. The lowest BCUT2D eigenvalue weighted by Gasteiger charge is -2.20. The molecule has 1 aliphatic rings. The fraction of sp³-hybridized carbons (Fsp3) is 0.438. The number of nitrogens with zero attached hydrogens (tertiary/aromatic N) is 2. The van der Waals surface area contributed by atoms with Crippen LogP contribution in [0.5, 0.6) is 0 Å². The van der Waals surface area contributed by atoms with Crippen molar-refractivity contribution in [2.45, 2.75) is 33.1 Å². The number of carbonyl (C=O) groups is 1. The second-order valence-electron chi connectivity index (χ2n) is 5.92. The van der Waals surface area contributed by atoms with Gasteiger partial charge in [0.05, 0.1) is 0 Å². The molecule has 0 unspecified atom stereocenters. The summed E-state index contributed by atoms with van der Waals surface area (Å²) in [5.74, 6) is 0.427. The Morgan fingerprint density at radius 2 is 2.27 bits per heavy atom. The fourth-order valence-electron chi connectivity index (χ4n) is 2.62. The van der Waals surface area contributed by atoms with Gasteiger partial charge in [-0.25, -0.2) is 0 Å². The number of amides is 1. The van der Waals surface area contributed by atoms with Gasteiger partial charge in [-0.1, -0.05) is 31.3 Å². The molecule has 0 radical (unpaired) electrons. The smallest absolute Gasteiger partial charge is 0.257 e. The number of aromatic nitrogens is 2. The average molecular weight is 316 g/mol. The Kier molecular flexibility index (Phi) is 4.38. The van der Waals surface area contributed by atoms with Crippen molar-refractivity contribution in [2.75, 3.05) is 17.2 Å². The van der Waals surface area contributed by atoms with Gasteiger partial charge in [-0.15, -0.1) is 10.2 Å². The van der Waals surface area contributed by atoms with Crippen molar-refractivity contribution in [3.8, 4) is 0 Å². The van der Waals surface area contributed by atoms with E-state index < -0.39 is 0 Å². The molecular formula is C16H20N4OS. The lowest BCUT2D eigenvalue weighted by Crippen LogP contribution is -2.19. The van der Waals surface area contributed by atoms with E-state index in [1.54, 1.807) is 0 Å². The minimum Gasteiger partial charge on any atom is -0.385 e. The van der Waals surface area contributed by atoms with Gasteiger partial charge < -0.3 is 5.32 Å². The monoisotopic (exact) mass is 316 g/mol. The Labute approximate surface area is 134 Å². The molecule has 1 aliphatic heterocycles. The van der Waals surface area contributed by atoms with E-state index in [9.17, 15) is 4.79 Å². The summed E-state index contributed by atoms with van der Waals surface area (Å²) in [5, 5.41) is 16.0. The molecule has 0 aliphatic carbocycles. The van der Waals surface area contributed by atoms with E-state index in [4.69, 9.17) is 0 Å². The van der Waals surface area contributed by atoms with Crippen molar-refractivity contribution < 1.29 is 4.79 Å². The van der Waals surface area contributed by atoms with Gasteiger partial charge in [0.2, 0.25) is 5.13 Å². The van der Waals surface area contributed by atoms with Gasteiger partial charge in [0, 0.05) is 24.2 Å². The van der Waals surface area contributed by atoms with Gasteiger partial charge in [-0.05, 0) is 36.5 Å². The first-order chi connectivity index (χ1) is 10.6. The Morgan fingerprint density at radius 3 is 3.09 bits per heavy atom. The standard InChI is InChI=1S/C16H20N4OS/c1-10(2)9-14-19-20-16(22-14)18-15(21)12-5-3-7-13-11(12)6-4-8-17-13/h3,5,7,10,17H,4,6,8-9H2,1-2H3,(H,18,20,21). The zero-order valence-corrected chi connectivity index (χ0v) is 13.7. The highest BCUT2D eigenvalue weighted by molar-refractivity contribution is 7.15. The molecule has 0 bridgehead atoms. The zero-order valence-electron chi connectivity index (χ0n) is 12.8. The van der Waals surface area contributed by atoms with Crippen molar-refractivity contribution in [3.05, 3.63) is 34.3 Å². The molecule has 22 heavy (non-hydrogen) atoms. The summed E-state index contributed by atoms with van der Waals surface area (Å²) < 4.78 is 0. The number of fused-ring (bicyclic) bond motifs is 1. The van der Waals surface area contributed by atoms with Gasteiger partial charge >= 0.3 is 0 Å². The van der Waals surface area contributed by atoms with Crippen LogP contribution in [0.1, 0.15) is 41.2 Å². The Balaban J connectivity index is 1.76. The maximum Gasteiger partial charge on any atom is 0.257 e. The van der Waals surface area contributed by atoms with Crippen LogP contribution >= 0.6 is 11.3 Å². The van der Waals surface area contributed by atoms with E-state index in [0.717, 1.165) is 47.6 Å². The summed E-state index contributed by atoms with van der Waals surface area (Å²) in [4.78, 5) is 12.5. The number of nitrogens with one attached hydrogen (secondary N) is 2. The number of hydrogen-bond acceptors (Lipinski definition) is 5. The molecule has 0 atom stereocenters. The molecule has 1 amide bonds. The number of hydrogen-bond donors (Lipinski definition) is 2. The van der Waals surface area contributed by atoms with Crippen LogP contribution in [0.15, 0.2) is 18.2 Å². The van der Waals surface area contributed by atoms with Gasteiger partial charge in [0.1, 0.15) is 5.01 Å². The van der Waals surface area contributed by atoms with Crippen LogP contribution in [0, 0.1) is 5.92 Å². The predicted octanol–water partition coefficient (Wildman–Crippen LogP) is 3.35. The summed E-state index contributed by atoms with van der Waals surface area (Å²) in [5.41, 5.74) is 2.89. The molecule has 2 N–H and O–H groups in total. The predicted molar refractivity (Wildman–Crippen MR) is 89.7 cm³/mol. The Morgan fingerprint density at radius 1 is 1.41 bits per heavy atom. The van der Waals surface area contributed by atoms with Crippen LogP contribution in [-0.4, -0.2) is 22.6 Å². The number of anilines is 2. The highest BCUT2D eigenvalue weighted by atomic mass is 32.1. The molecule has 0 fully saturated rings. The van der Waals surface area contributed by atoms with E-state index in [-0.39, 0.29) is 5.91 Å². The molecule has 5 nitrogen and oxygen atoms in total. The largest absolute Gasteiger partial charge is 0.385 e. The van der Waals surface area contributed by atoms with Crippen molar-refractivity contribution in [1.82, 2.24) is 10.2 Å². The van der Waals surface area contributed by atoms with Crippen LogP contribution in [0.25, 0.3) is 0 Å². The third kappa shape index (κ3) is 3.27. The lowest BCUT2D eigenvalue weighted by atomic mass is 9.97. The third-order valence-corrected chi connectivity index (χ3v) is 4.47. The van der Waals surface area contributed by atoms with Crippen LogP contribution < -0.4 is 10.6 Å². The summed E-state index contributed by atoms with van der Waals surface area (Å²) >= 11 is 1.45. The maximum absolute atomic E-state index is 12.5.